The Morgan fingerprint density at radius 3 is 1.54 bits per heavy atom. The summed E-state index contributed by atoms with van der Waals surface area (Å²) in [7, 11) is 0. The quantitative estimate of drug-likeness (QED) is 0.378. The lowest BCUT2D eigenvalue weighted by Gasteiger charge is -2.12. The topological polar surface area (TPSA) is 48.8 Å². The van der Waals surface area contributed by atoms with Crippen molar-refractivity contribution in [3.05, 3.63) is 93.5 Å². The van der Waals surface area contributed by atoms with Crippen LogP contribution in [0.3, 0.4) is 0 Å². The van der Waals surface area contributed by atoms with E-state index in [-0.39, 0.29) is 0 Å². The van der Waals surface area contributed by atoms with Crippen LogP contribution in [0.2, 0.25) is 0 Å². The van der Waals surface area contributed by atoms with Crippen LogP contribution < -0.4 is 10.6 Å². The van der Waals surface area contributed by atoms with Gasteiger partial charge in [-0.25, -0.2) is 0 Å². The fourth-order valence-electron chi connectivity index (χ4n) is 4.40. The highest BCUT2D eigenvalue weighted by atomic mass is 32.2. The molecule has 6 heteroatoms. The van der Waals surface area contributed by atoms with E-state index in [1.54, 1.807) is 0 Å². The van der Waals surface area contributed by atoms with Crippen molar-refractivity contribution in [1.82, 2.24) is 10.6 Å². The molecule has 0 aromatic heterocycles. The van der Waals surface area contributed by atoms with E-state index >= 15 is 0 Å². The van der Waals surface area contributed by atoms with E-state index in [9.17, 15) is 0 Å². The molecule has 35 heavy (non-hydrogen) atoms. The Morgan fingerprint density at radius 2 is 1.14 bits per heavy atom. The molecule has 2 heterocycles. The molecule has 2 N–H and O–H groups in total. The summed E-state index contributed by atoms with van der Waals surface area (Å²) in [5, 5.41) is 6.73. The molecule has 0 unspecified atom stereocenters. The van der Waals surface area contributed by atoms with Gasteiger partial charge in [0.2, 0.25) is 0 Å². The largest absolute Gasteiger partial charge is 0.368 e. The van der Waals surface area contributed by atoms with Crippen LogP contribution in [-0.2, 0) is 11.5 Å². The molecule has 0 spiro atoms. The van der Waals surface area contributed by atoms with Crippen molar-refractivity contribution in [3.8, 4) is 0 Å². The Balaban J connectivity index is 1.22. The minimum Gasteiger partial charge on any atom is -0.368 e. The van der Waals surface area contributed by atoms with Crippen molar-refractivity contribution in [3.63, 3.8) is 0 Å². The summed E-state index contributed by atoms with van der Waals surface area (Å²) in [6.07, 6.45) is 0. The molecule has 0 radical (unpaired) electrons. The van der Waals surface area contributed by atoms with Gasteiger partial charge >= 0.3 is 0 Å². The molecule has 3 aromatic carbocycles. The number of thioether (sulfide) groups is 2. The molecule has 0 saturated carbocycles. The number of nitrogens with one attached hydrogen (secondary N) is 2. The average molecular weight is 501 g/mol. The maximum Gasteiger partial charge on any atom is 0.128 e. The number of hydrogen-bond donors (Lipinski definition) is 2. The highest BCUT2D eigenvalue weighted by Crippen LogP contribution is 2.32. The van der Waals surface area contributed by atoms with Crippen LogP contribution in [-0.4, -0.2) is 37.9 Å². The summed E-state index contributed by atoms with van der Waals surface area (Å²) in [6, 6.07) is 20.3. The minimum atomic E-state index is 0.873. The van der Waals surface area contributed by atoms with E-state index < -0.39 is 0 Å². The molecule has 2 aliphatic rings. The SMILES string of the molecule is Cc1cc(SCc2ccc(C3=NCCN3)cc2C)cc(SCc2ccc(C3=NCCN3)cc2C)c1. The van der Waals surface area contributed by atoms with Gasteiger partial charge in [0.15, 0.2) is 0 Å². The summed E-state index contributed by atoms with van der Waals surface area (Å²) in [5.74, 6) is 4.00. The standard InChI is InChI=1S/C29H32N4S2/c1-19-12-26(34-17-24-6-4-22(14-20(24)2)28-30-8-9-31-28)16-27(13-19)35-18-25-7-5-23(15-21(25)3)29-32-10-11-33-29/h4-7,12-16H,8-11,17-18H2,1-3H3,(H,30,31)(H,32,33). The van der Waals surface area contributed by atoms with Gasteiger partial charge in [-0.15, -0.1) is 23.5 Å². The molecule has 4 nitrogen and oxygen atoms in total. The molecule has 0 fully saturated rings. The lowest BCUT2D eigenvalue weighted by molar-refractivity contribution is 0.960. The Bertz CT molecular complexity index is 1200. The number of amidine groups is 2. The first-order valence-corrected chi connectivity index (χ1v) is 14.2. The monoisotopic (exact) mass is 500 g/mol. The third-order valence-corrected chi connectivity index (χ3v) is 8.44. The lowest BCUT2D eigenvalue weighted by atomic mass is 10.1. The van der Waals surface area contributed by atoms with Crippen molar-refractivity contribution in [2.24, 2.45) is 9.98 Å². The van der Waals surface area contributed by atoms with E-state index in [0.29, 0.717) is 0 Å². The number of hydrogen-bond acceptors (Lipinski definition) is 6. The molecule has 0 aliphatic carbocycles. The van der Waals surface area contributed by atoms with Gasteiger partial charge in [0.25, 0.3) is 0 Å². The summed E-state index contributed by atoms with van der Waals surface area (Å²) in [4.78, 5) is 11.8. The van der Waals surface area contributed by atoms with E-state index in [2.05, 4.69) is 96.0 Å². The van der Waals surface area contributed by atoms with Gasteiger partial charge in [0.1, 0.15) is 11.7 Å². The highest BCUT2D eigenvalue weighted by Gasteiger charge is 2.12. The Labute approximate surface area is 217 Å². The number of nitrogens with zero attached hydrogens (tertiary/aromatic N) is 2. The molecular formula is C29H32N4S2. The predicted molar refractivity (Wildman–Crippen MR) is 151 cm³/mol. The second-order valence-electron chi connectivity index (χ2n) is 9.16. The fourth-order valence-corrected chi connectivity index (χ4v) is 6.72. The number of aliphatic imine (C=N–C) groups is 2. The van der Waals surface area contributed by atoms with Crippen LogP contribution in [0.4, 0.5) is 0 Å². The van der Waals surface area contributed by atoms with Crippen LogP contribution in [0.25, 0.3) is 0 Å². The van der Waals surface area contributed by atoms with Crippen molar-refractivity contribution < 1.29 is 0 Å². The third-order valence-electron chi connectivity index (χ3n) is 6.39. The van der Waals surface area contributed by atoms with E-state index in [4.69, 9.17) is 0 Å². The zero-order valence-corrected chi connectivity index (χ0v) is 22.3. The summed E-state index contributed by atoms with van der Waals surface area (Å²) >= 11 is 3.83. The first-order valence-electron chi connectivity index (χ1n) is 12.2. The molecule has 0 bridgehead atoms. The Kier molecular flexibility index (Phi) is 7.49. The second kappa shape index (κ2) is 10.9. The van der Waals surface area contributed by atoms with Gasteiger partial charge < -0.3 is 10.6 Å². The van der Waals surface area contributed by atoms with E-state index in [0.717, 1.165) is 49.4 Å². The van der Waals surface area contributed by atoms with Gasteiger partial charge in [-0.1, -0.05) is 24.3 Å². The average Bonchev–Trinajstić information content (AvgIpc) is 3.57. The Morgan fingerprint density at radius 1 is 0.657 bits per heavy atom. The first-order chi connectivity index (χ1) is 17.0. The molecular weight excluding hydrogens is 468 g/mol. The number of benzene rings is 3. The molecule has 0 amide bonds. The number of aryl methyl sites for hydroxylation is 3. The van der Waals surface area contributed by atoms with Crippen LogP contribution in [0.5, 0.6) is 0 Å². The summed E-state index contributed by atoms with van der Waals surface area (Å²) < 4.78 is 0. The van der Waals surface area contributed by atoms with Gasteiger partial charge in [0, 0.05) is 45.5 Å². The molecule has 2 aliphatic heterocycles. The number of rotatable bonds is 8. The predicted octanol–water partition coefficient (Wildman–Crippen LogP) is 5.90. The molecule has 5 rings (SSSR count). The van der Waals surface area contributed by atoms with Gasteiger partial charge in [-0.3, -0.25) is 9.98 Å². The molecule has 3 aromatic rings. The van der Waals surface area contributed by atoms with Crippen molar-refractivity contribution in [1.29, 1.82) is 0 Å². The lowest BCUT2D eigenvalue weighted by Crippen LogP contribution is -2.19. The molecule has 0 saturated heterocycles. The second-order valence-corrected chi connectivity index (χ2v) is 11.3. The van der Waals surface area contributed by atoms with Gasteiger partial charge in [0.05, 0.1) is 13.1 Å². The summed E-state index contributed by atoms with van der Waals surface area (Å²) in [6.45, 7) is 10.2. The van der Waals surface area contributed by atoms with Crippen LogP contribution in [0.1, 0.15) is 38.9 Å². The summed E-state index contributed by atoms with van der Waals surface area (Å²) in [5.41, 5.74) is 9.11. The Hall–Kier alpha value is -2.70. The van der Waals surface area contributed by atoms with E-state index in [1.165, 1.54) is 48.7 Å². The zero-order valence-electron chi connectivity index (χ0n) is 20.6. The maximum absolute atomic E-state index is 4.55. The van der Waals surface area contributed by atoms with Crippen LogP contribution in [0, 0.1) is 20.8 Å². The zero-order chi connectivity index (χ0) is 24.2. The fraction of sp³-hybridized carbons (Fsp3) is 0.310. The van der Waals surface area contributed by atoms with Crippen molar-refractivity contribution in [2.75, 3.05) is 26.2 Å². The van der Waals surface area contributed by atoms with Gasteiger partial charge in [-0.2, -0.15) is 0 Å². The first kappa shape index (κ1) is 24.0. The van der Waals surface area contributed by atoms with Crippen molar-refractivity contribution >= 4 is 35.2 Å². The van der Waals surface area contributed by atoms with Crippen LogP contribution >= 0.6 is 23.5 Å². The van der Waals surface area contributed by atoms with Crippen molar-refractivity contribution in [2.45, 2.75) is 42.1 Å². The third kappa shape index (κ3) is 5.93. The highest BCUT2D eigenvalue weighted by molar-refractivity contribution is 7.99. The van der Waals surface area contributed by atoms with Crippen LogP contribution in [0.15, 0.2) is 74.4 Å². The smallest absolute Gasteiger partial charge is 0.128 e. The van der Waals surface area contributed by atoms with Gasteiger partial charge in [-0.05, 0) is 78.9 Å². The molecule has 180 valence electrons. The molecule has 0 atom stereocenters. The maximum atomic E-state index is 4.55. The van der Waals surface area contributed by atoms with E-state index in [1.807, 2.05) is 23.5 Å². The normalized spacial score (nSPS) is 14.9. The minimum absolute atomic E-state index is 0.873.